The zero-order valence-electron chi connectivity index (χ0n) is 12.2. The second-order valence-corrected chi connectivity index (χ2v) is 6.55. The summed E-state index contributed by atoms with van der Waals surface area (Å²) in [5, 5.41) is 3.45. The van der Waals surface area contributed by atoms with Gasteiger partial charge in [-0.15, -0.1) is 11.8 Å². The van der Waals surface area contributed by atoms with Gasteiger partial charge in [-0.05, 0) is 45.2 Å². The first-order chi connectivity index (χ1) is 9.64. The minimum absolute atomic E-state index is 0.124. The first-order valence-corrected chi connectivity index (χ1v) is 8.25. The van der Waals surface area contributed by atoms with Crippen LogP contribution in [-0.2, 0) is 9.53 Å². The first kappa shape index (κ1) is 15.4. The Labute approximate surface area is 125 Å². The molecule has 0 bridgehead atoms. The third kappa shape index (κ3) is 4.53. The summed E-state index contributed by atoms with van der Waals surface area (Å²) >= 11 is 1.78. The molecule has 4 heteroatoms. The molecule has 110 valence electrons. The SMILES string of the molecule is CCOC(=O)C(C)(CCSc1ccccc1)NC1CC1. The van der Waals surface area contributed by atoms with Crippen LogP contribution in [0.4, 0.5) is 0 Å². The molecule has 1 fully saturated rings. The zero-order chi connectivity index (χ0) is 14.4. The lowest BCUT2D eigenvalue weighted by Crippen LogP contribution is -2.51. The fourth-order valence-electron chi connectivity index (χ4n) is 2.09. The molecule has 20 heavy (non-hydrogen) atoms. The molecule has 1 saturated carbocycles. The van der Waals surface area contributed by atoms with Gasteiger partial charge in [0.25, 0.3) is 0 Å². The van der Waals surface area contributed by atoms with Crippen molar-refractivity contribution < 1.29 is 9.53 Å². The standard InChI is InChI=1S/C16H23NO2S/c1-3-19-15(18)16(2,17-13-9-10-13)11-12-20-14-7-5-4-6-8-14/h4-8,13,17H,3,9-12H2,1-2H3. The van der Waals surface area contributed by atoms with Crippen molar-refractivity contribution in [2.75, 3.05) is 12.4 Å². The normalized spacial score (nSPS) is 17.5. The Morgan fingerprint density at radius 2 is 2.10 bits per heavy atom. The second-order valence-electron chi connectivity index (χ2n) is 5.38. The molecule has 3 nitrogen and oxygen atoms in total. The van der Waals surface area contributed by atoms with E-state index in [-0.39, 0.29) is 5.97 Å². The average Bonchev–Trinajstić information content (AvgIpc) is 3.24. The molecular weight excluding hydrogens is 270 g/mol. The van der Waals surface area contributed by atoms with Crippen molar-refractivity contribution in [3.63, 3.8) is 0 Å². The third-order valence-corrected chi connectivity index (χ3v) is 4.45. The summed E-state index contributed by atoms with van der Waals surface area (Å²) in [6, 6.07) is 10.8. The van der Waals surface area contributed by atoms with Gasteiger partial charge in [0.2, 0.25) is 0 Å². The van der Waals surface area contributed by atoms with Crippen LogP contribution in [0, 0.1) is 0 Å². The Balaban J connectivity index is 1.88. The molecular formula is C16H23NO2S. The van der Waals surface area contributed by atoms with Crippen molar-refractivity contribution in [3.05, 3.63) is 30.3 Å². The molecule has 1 unspecified atom stereocenters. The Bertz CT molecular complexity index is 433. The summed E-state index contributed by atoms with van der Waals surface area (Å²) in [4.78, 5) is 13.4. The van der Waals surface area contributed by atoms with E-state index in [0.29, 0.717) is 12.6 Å². The Morgan fingerprint density at radius 3 is 2.70 bits per heavy atom. The van der Waals surface area contributed by atoms with E-state index in [4.69, 9.17) is 4.74 Å². The fourth-order valence-corrected chi connectivity index (χ4v) is 3.19. The predicted octanol–water partition coefficient (Wildman–Crippen LogP) is 3.24. The second kappa shape index (κ2) is 7.14. The van der Waals surface area contributed by atoms with Crippen LogP contribution in [0.2, 0.25) is 0 Å². The summed E-state index contributed by atoms with van der Waals surface area (Å²) < 4.78 is 5.23. The highest BCUT2D eigenvalue weighted by atomic mass is 32.2. The molecule has 0 aromatic heterocycles. The number of carbonyl (C=O) groups is 1. The fraction of sp³-hybridized carbons (Fsp3) is 0.562. The quantitative estimate of drug-likeness (QED) is 0.590. The van der Waals surface area contributed by atoms with Crippen LogP contribution in [-0.4, -0.2) is 29.9 Å². The number of benzene rings is 1. The minimum Gasteiger partial charge on any atom is -0.465 e. The average molecular weight is 293 g/mol. The van der Waals surface area contributed by atoms with Crippen LogP contribution >= 0.6 is 11.8 Å². The largest absolute Gasteiger partial charge is 0.465 e. The Hall–Kier alpha value is -1.00. The highest BCUT2D eigenvalue weighted by molar-refractivity contribution is 7.99. The van der Waals surface area contributed by atoms with Gasteiger partial charge in [0.15, 0.2) is 0 Å². The molecule has 1 N–H and O–H groups in total. The van der Waals surface area contributed by atoms with Crippen molar-refractivity contribution in [1.29, 1.82) is 0 Å². The Morgan fingerprint density at radius 1 is 1.40 bits per heavy atom. The highest BCUT2D eigenvalue weighted by Gasteiger charge is 2.39. The van der Waals surface area contributed by atoms with Crippen LogP contribution in [0.5, 0.6) is 0 Å². The van der Waals surface area contributed by atoms with E-state index in [2.05, 4.69) is 17.4 Å². The lowest BCUT2D eigenvalue weighted by molar-refractivity contribution is -0.150. The van der Waals surface area contributed by atoms with E-state index < -0.39 is 5.54 Å². The predicted molar refractivity (Wildman–Crippen MR) is 83.0 cm³/mol. The maximum absolute atomic E-state index is 12.2. The van der Waals surface area contributed by atoms with Crippen molar-refractivity contribution in [2.45, 2.75) is 49.6 Å². The minimum atomic E-state index is -0.557. The van der Waals surface area contributed by atoms with Gasteiger partial charge >= 0.3 is 5.97 Å². The van der Waals surface area contributed by atoms with Gasteiger partial charge in [-0.1, -0.05) is 18.2 Å². The number of ether oxygens (including phenoxy) is 1. The zero-order valence-corrected chi connectivity index (χ0v) is 13.0. The molecule has 0 radical (unpaired) electrons. The lowest BCUT2D eigenvalue weighted by Gasteiger charge is -2.28. The Kier molecular flexibility index (Phi) is 5.49. The van der Waals surface area contributed by atoms with Crippen LogP contribution in [0.25, 0.3) is 0 Å². The van der Waals surface area contributed by atoms with Crippen LogP contribution in [0.1, 0.15) is 33.1 Å². The number of rotatable bonds is 8. The molecule has 1 aromatic rings. The van der Waals surface area contributed by atoms with Crippen LogP contribution in [0.15, 0.2) is 35.2 Å². The third-order valence-electron chi connectivity index (χ3n) is 3.44. The monoisotopic (exact) mass is 293 g/mol. The molecule has 0 saturated heterocycles. The molecule has 0 heterocycles. The van der Waals surface area contributed by atoms with Crippen molar-refractivity contribution in [3.8, 4) is 0 Å². The van der Waals surface area contributed by atoms with Crippen LogP contribution in [0.3, 0.4) is 0 Å². The van der Waals surface area contributed by atoms with Gasteiger partial charge in [-0.25, -0.2) is 0 Å². The summed E-state index contributed by atoms with van der Waals surface area (Å²) in [7, 11) is 0. The smallest absolute Gasteiger partial charge is 0.326 e. The summed E-state index contributed by atoms with van der Waals surface area (Å²) in [5.74, 6) is 0.777. The molecule has 2 rings (SSSR count). The number of carbonyl (C=O) groups excluding carboxylic acids is 1. The molecule has 0 amide bonds. The first-order valence-electron chi connectivity index (χ1n) is 7.27. The topological polar surface area (TPSA) is 38.3 Å². The van der Waals surface area contributed by atoms with Gasteiger partial charge in [0.05, 0.1) is 6.61 Å². The highest BCUT2D eigenvalue weighted by Crippen LogP contribution is 2.27. The summed E-state index contributed by atoms with van der Waals surface area (Å²) in [6.45, 7) is 4.26. The van der Waals surface area contributed by atoms with E-state index >= 15 is 0 Å². The maximum Gasteiger partial charge on any atom is 0.326 e. The van der Waals surface area contributed by atoms with Gasteiger partial charge in [-0.2, -0.15) is 0 Å². The van der Waals surface area contributed by atoms with E-state index in [0.717, 1.165) is 12.2 Å². The number of esters is 1. The summed E-state index contributed by atoms with van der Waals surface area (Å²) in [6.07, 6.45) is 3.11. The van der Waals surface area contributed by atoms with Crippen LogP contribution < -0.4 is 5.32 Å². The molecule has 1 aromatic carbocycles. The van der Waals surface area contributed by atoms with E-state index in [1.165, 1.54) is 17.7 Å². The summed E-state index contributed by atoms with van der Waals surface area (Å²) in [5.41, 5.74) is -0.557. The van der Waals surface area contributed by atoms with Crippen molar-refractivity contribution in [2.24, 2.45) is 0 Å². The van der Waals surface area contributed by atoms with Gasteiger partial charge in [0, 0.05) is 16.7 Å². The number of hydrogen-bond donors (Lipinski definition) is 1. The molecule has 1 aliphatic rings. The van der Waals surface area contributed by atoms with E-state index in [1.807, 2.05) is 32.0 Å². The van der Waals surface area contributed by atoms with Crippen molar-refractivity contribution >= 4 is 17.7 Å². The van der Waals surface area contributed by atoms with E-state index in [1.54, 1.807) is 11.8 Å². The lowest BCUT2D eigenvalue weighted by atomic mass is 9.99. The molecule has 1 atom stereocenters. The molecule has 0 spiro atoms. The maximum atomic E-state index is 12.2. The number of hydrogen-bond acceptors (Lipinski definition) is 4. The number of nitrogens with one attached hydrogen (secondary N) is 1. The van der Waals surface area contributed by atoms with Gasteiger partial charge in [-0.3, -0.25) is 10.1 Å². The number of thioether (sulfide) groups is 1. The van der Waals surface area contributed by atoms with Crippen molar-refractivity contribution in [1.82, 2.24) is 5.32 Å². The molecule has 0 aliphatic heterocycles. The molecule has 1 aliphatic carbocycles. The van der Waals surface area contributed by atoms with Gasteiger partial charge in [0.1, 0.15) is 5.54 Å². The van der Waals surface area contributed by atoms with Gasteiger partial charge < -0.3 is 4.74 Å². The van der Waals surface area contributed by atoms with E-state index in [9.17, 15) is 4.79 Å².